The molecule has 1 atom stereocenters. The van der Waals surface area contributed by atoms with Gasteiger partial charge in [-0.25, -0.2) is 0 Å². The Bertz CT molecular complexity index is 1030. The molecule has 0 saturated carbocycles. The first-order valence-electron chi connectivity index (χ1n) is 9.42. The predicted octanol–water partition coefficient (Wildman–Crippen LogP) is 2.86. The van der Waals surface area contributed by atoms with Gasteiger partial charge in [-0.15, -0.1) is 0 Å². The second-order valence-corrected chi connectivity index (χ2v) is 6.87. The molecule has 0 radical (unpaired) electrons. The Morgan fingerprint density at radius 3 is 2.77 bits per heavy atom. The Kier molecular flexibility index (Phi) is 5.38. The molecule has 2 aromatic rings. The monoisotopic (exact) mass is 408 g/mol. The van der Waals surface area contributed by atoms with Crippen molar-refractivity contribution in [1.29, 1.82) is 0 Å². The molecule has 0 fully saturated rings. The second-order valence-electron chi connectivity index (χ2n) is 6.87. The molecule has 8 nitrogen and oxygen atoms in total. The highest BCUT2D eigenvalue weighted by molar-refractivity contribution is 5.93. The lowest BCUT2D eigenvalue weighted by Crippen LogP contribution is -2.33. The normalized spacial score (nSPS) is 16.0. The molecule has 2 aliphatic rings. The molecule has 1 N–H and O–H groups in total. The van der Waals surface area contributed by atoms with E-state index in [2.05, 4.69) is 5.32 Å². The molecule has 2 heterocycles. The van der Waals surface area contributed by atoms with Crippen molar-refractivity contribution in [2.45, 2.75) is 19.4 Å². The quantitative estimate of drug-likeness (QED) is 0.765. The smallest absolute Gasteiger partial charge is 0.308 e. The van der Waals surface area contributed by atoms with E-state index >= 15 is 0 Å². The van der Waals surface area contributed by atoms with Gasteiger partial charge in [-0.05, 0) is 29.3 Å². The third-order valence-electron chi connectivity index (χ3n) is 4.85. The van der Waals surface area contributed by atoms with E-state index in [1.807, 2.05) is 30.3 Å². The van der Waals surface area contributed by atoms with E-state index in [-0.39, 0.29) is 19.1 Å². The largest absolute Gasteiger partial charge is 0.455 e. The van der Waals surface area contributed by atoms with Crippen molar-refractivity contribution in [2.75, 3.05) is 18.7 Å². The fourth-order valence-corrected chi connectivity index (χ4v) is 3.45. The summed E-state index contributed by atoms with van der Waals surface area (Å²) < 4.78 is 15.6. The molecule has 0 aliphatic carbocycles. The van der Waals surface area contributed by atoms with Crippen LogP contribution < -0.4 is 14.8 Å². The number of anilines is 1. The molecule has 8 heteroatoms. The number of ether oxygens (including phenoxy) is 3. The van der Waals surface area contributed by atoms with Gasteiger partial charge in [0, 0.05) is 24.9 Å². The Balaban J connectivity index is 1.35. The number of carbonyl (C=O) groups excluding carboxylic acids is 3. The summed E-state index contributed by atoms with van der Waals surface area (Å²) >= 11 is 0. The lowest BCUT2D eigenvalue weighted by atomic mass is 9.94. The van der Waals surface area contributed by atoms with Crippen LogP contribution in [-0.2, 0) is 19.1 Å². The zero-order valence-corrected chi connectivity index (χ0v) is 16.3. The van der Waals surface area contributed by atoms with Gasteiger partial charge in [-0.3, -0.25) is 14.4 Å². The minimum Gasteiger partial charge on any atom is -0.455 e. The van der Waals surface area contributed by atoms with Crippen molar-refractivity contribution in [3.05, 3.63) is 59.8 Å². The Morgan fingerprint density at radius 2 is 1.93 bits per heavy atom. The molecule has 2 aliphatic heterocycles. The summed E-state index contributed by atoms with van der Waals surface area (Å²) in [5.74, 6) is -0.0831. The van der Waals surface area contributed by atoms with Gasteiger partial charge >= 0.3 is 5.97 Å². The summed E-state index contributed by atoms with van der Waals surface area (Å²) in [6.45, 7) is 1.15. The zero-order chi connectivity index (χ0) is 21.1. The molecule has 0 unspecified atom stereocenters. The van der Waals surface area contributed by atoms with Crippen molar-refractivity contribution in [3.63, 3.8) is 0 Å². The van der Waals surface area contributed by atoms with Crippen LogP contribution >= 0.6 is 0 Å². The number of fused-ring (bicyclic) bond motifs is 2. The average Bonchev–Trinajstić information content (AvgIpc) is 3.20. The second kappa shape index (κ2) is 8.28. The van der Waals surface area contributed by atoms with Crippen molar-refractivity contribution >= 4 is 29.5 Å². The zero-order valence-electron chi connectivity index (χ0n) is 16.3. The summed E-state index contributed by atoms with van der Waals surface area (Å²) in [5.41, 5.74) is 2.31. The highest BCUT2D eigenvalue weighted by atomic mass is 16.7. The molecule has 30 heavy (non-hydrogen) atoms. The number of carbonyl (C=O) groups is 3. The maximum Gasteiger partial charge on any atom is 0.308 e. The third-order valence-corrected chi connectivity index (χ3v) is 4.85. The highest BCUT2D eigenvalue weighted by Gasteiger charge is 2.29. The van der Waals surface area contributed by atoms with Crippen LogP contribution in [-0.4, -0.2) is 36.1 Å². The van der Waals surface area contributed by atoms with Gasteiger partial charge in [-0.2, -0.15) is 0 Å². The number of amides is 2. The number of hydrogen-bond donors (Lipinski definition) is 1. The van der Waals surface area contributed by atoms with Crippen LogP contribution in [0.5, 0.6) is 11.5 Å². The van der Waals surface area contributed by atoms with E-state index in [0.29, 0.717) is 17.2 Å². The van der Waals surface area contributed by atoms with Crippen LogP contribution in [0, 0.1) is 0 Å². The van der Waals surface area contributed by atoms with Gasteiger partial charge in [-0.1, -0.05) is 24.3 Å². The molecule has 2 amide bonds. The molecule has 0 spiro atoms. The predicted molar refractivity (Wildman–Crippen MR) is 108 cm³/mol. The van der Waals surface area contributed by atoms with Gasteiger partial charge in [0.05, 0.1) is 12.5 Å². The van der Waals surface area contributed by atoms with Crippen molar-refractivity contribution in [1.82, 2.24) is 4.90 Å². The van der Waals surface area contributed by atoms with E-state index in [1.54, 1.807) is 24.4 Å². The fourth-order valence-electron chi connectivity index (χ4n) is 3.45. The summed E-state index contributed by atoms with van der Waals surface area (Å²) in [6.07, 6.45) is 3.44. The van der Waals surface area contributed by atoms with E-state index in [4.69, 9.17) is 14.2 Å². The molecule has 2 aromatic carbocycles. The molecule has 0 bridgehead atoms. The topological polar surface area (TPSA) is 94.2 Å². The van der Waals surface area contributed by atoms with E-state index in [0.717, 1.165) is 11.1 Å². The Morgan fingerprint density at radius 1 is 1.13 bits per heavy atom. The number of benzene rings is 2. The molecule has 0 aromatic heterocycles. The SMILES string of the molecule is CC(=O)N1C=Cc2ccccc2[C@@H]1CC(=O)OCC(=O)Nc1ccc2c(c1)OCO2. The van der Waals surface area contributed by atoms with Gasteiger partial charge in [0.25, 0.3) is 5.91 Å². The van der Waals surface area contributed by atoms with Crippen molar-refractivity contribution in [3.8, 4) is 11.5 Å². The lowest BCUT2D eigenvalue weighted by Gasteiger charge is -2.32. The van der Waals surface area contributed by atoms with Crippen LogP contribution in [0.1, 0.15) is 30.5 Å². The van der Waals surface area contributed by atoms with E-state index in [1.165, 1.54) is 11.8 Å². The minimum atomic E-state index is -0.572. The first kappa shape index (κ1) is 19.5. The fraction of sp³-hybridized carbons (Fsp3) is 0.227. The highest BCUT2D eigenvalue weighted by Crippen LogP contribution is 2.34. The van der Waals surface area contributed by atoms with Crippen LogP contribution in [0.2, 0.25) is 0 Å². The maximum absolute atomic E-state index is 12.4. The number of hydrogen-bond acceptors (Lipinski definition) is 6. The third kappa shape index (κ3) is 4.12. The molecule has 0 saturated heterocycles. The molecule has 154 valence electrons. The first-order chi connectivity index (χ1) is 14.5. The van der Waals surface area contributed by atoms with Crippen molar-refractivity contribution < 1.29 is 28.6 Å². The summed E-state index contributed by atoms with van der Waals surface area (Å²) in [5, 5.41) is 2.65. The summed E-state index contributed by atoms with van der Waals surface area (Å²) in [6, 6.07) is 12.1. The maximum atomic E-state index is 12.4. The van der Waals surface area contributed by atoms with Crippen LogP contribution in [0.25, 0.3) is 6.08 Å². The van der Waals surface area contributed by atoms with Gasteiger partial charge in [0.15, 0.2) is 18.1 Å². The first-order valence-corrected chi connectivity index (χ1v) is 9.42. The summed E-state index contributed by atoms with van der Waals surface area (Å²) in [7, 11) is 0. The van der Waals surface area contributed by atoms with Crippen LogP contribution in [0.4, 0.5) is 5.69 Å². The number of nitrogens with zero attached hydrogens (tertiary/aromatic N) is 1. The summed E-state index contributed by atoms with van der Waals surface area (Å²) in [4.78, 5) is 38.0. The minimum absolute atomic E-state index is 0.0573. The Hall–Kier alpha value is -3.81. The van der Waals surface area contributed by atoms with Gasteiger partial charge in [0.2, 0.25) is 12.7 Å². The van der Waals surface area contributed by atoms with Crippen LogP contribution in [0.3, 0.4) is 0 Å². The van der Waals surface area contributed by atoms with Gasteiger partial charge in [0.1, 0.15) is 0 Å². The Labute approximate surface area is 173 Å². The molecular weight excluding hydrogens is 388 g/mol. The number of rotatable bonds is 5. The molecular formula is C22H20N2O6. The standard InChI is InChI=1S/C22H20N2O6/c1-14(25)24-9-8-15-4-2-3-5-17(15)18(24)11-22(27)28-12-21(26)23-16-6-7-19-20(10-16)30-13-29-19/h2-10,18H,11-13H2,1H3,(H,23,26)/t18-/m0/s1. The average molecular weight is 408 g/mol. The molecule has 4 rings (SSSR count). The van der Waals surface area contributed by atoms with Crippen LogP contribution in [0.15, 0.2) is 48.7 Å². The van der Waals surface area contributed by atoms with E-state index < -0.39 is 24.5 Å². The number of nitrogens with one attached hydrogen (secondary N) is 1. The lowest BCUT2D eigenvalue weighted by molar-refractivity contribution is -0.149. The van der Waals surface area contributed by atoms with Gasteiger partial charge < -0.3 is 24.4 Å². The van der Waals surface area contributed by atoms with Crippen molar-refractivity contribution in [2.24, 2.45) is 0 Å². The van der Waals surface area contributed by atoms with E-state index in [9.17, 15) is 14.4 Å². The number of esters is 1.